The van der Waals surface area contributed by atoms with E-state index in [4.69, 9.17) is 14.1 Å². The number of hydrogen-bond donors (Lipinski definition) is 5. The van der Waals surface area contributed by atoms with Gasteiger partial charge in [0.15, 0.2) is 5.58 Å². The second-order valence-corrected chi connectivity index (χ2v) is 23.1. The van der Waals surface area contributed by atoms with Crippen molar-refractivity contribution >= 4 is 96.6 Å². The van der Waals surface area contributed by atoms with Gasteiger partial charge in [-0.1, -0.05) is 13.0 Å². The summed E-state index contributed by atoms with van der Waals surface area (Å²) in [6.45, 7) is 16.5. The molecular weight excluding hydrogens is 1000 g/mol. The summed E-state index contributed by atoms with van der Waals surface area (Å²) >= 11 is 3.60. The predicted octanol–water partition coefficient (Wildman–Crippen LogP) is 6.62. The second-order valence-electron chi connectivity index (χ2n) is 19.1. The number of aryl methyl sites for hydroxylation is 2. The molecule has 2 amide bonds. The molecule has 0 bridgehead atoms. The van der Waals surface area contributed by atoms with Gasteiger partial charge in [-0.3, -0.25) is 24.3 Å². The van der Waals surface area contributed by atoms with Gasteiger partial charge in [0, 0.05) is 86.9 Å². The number of ether oxygens (including phenoxy) is 1. The number of imide groups is 1. The third-order valence-electron chi connectivity index (χ3n) is 14.1. The zero-order chi connectivity index (χ0) is 50.7. The summed E-state index contributed by atoms with van der Waals surface area (Å²) in [6, 6.07) is 13.1. The molecule has 0 aliphatic carbocycles. The zero-order valence-electron chi connectivity index (χ0n) is 41.6. The first-order valence-electron chi connectivity index (χ1n) is 25.1. The Morgan fingerprint density at radius 1 is 0.875 bits per heavy atom. The van der Waals surface area contributed by atoms with Crippen LogP contribution in [0.5, 0.6) is 5.75 Å². The summed E-state index contributed by atoms with van der Waals surface area (Å²) in [5, 5.41) is 22.5. The highest BCUT2D eigenvalue weighted by Crippen LogP contribution is 2.42. The number of oxazole rings is 1. The number of fused-ring (bicyclic) bond motifs is 2. The average Bonchev–Trinajstić information content (AvgIpc) is 3.70. The number of carbonyl (C=O) groups is 2. The summed E-state index contributed by atoms with van der Waals surface area (Å²) in [7, 11) is -2.91. The average molecular weight is 1070 g/mol. The van der Waals surface area contributed by atoms with Gasteiger partial charge in [0.05, 0.1) is 45.2 Å². The Bertz CT molecular complexity index is 3160. The van der Waals surface area contributed by atoms with Crippen molar-refractivity contribution in [3.8, 4) is 5.75 Å². The normalized spacial score (nSPS) is 17.2. The van der Waals surface area contributed by atoms with E-state index >= 15 is 0 Å². The maximum absolute atomic E-state index is 13.8. The lowest BCUT2D eigenvalue weighted by Gasteiger charge is -2.36. The van der Waals surface area contributed by atoms with Crippen LogP contribution in [0, 0.1) is 5.92 Å². The van der Waals surface area contributed by atoms with Gasteiger partial charge in [0.25, 0.3) is 5.56 Å². The number of nitrogens with zero attached hydrogens (tertiary/aromatic N) is 7. The largest absolute Gasteiger partial charge is 0.492 e. The van der Waals surface area contributed by atoms with Gasteiger partial charge in [0.2, 0.25) is 17.8 Å². The SMILES string of the molecule is CCOc1cc(N2CCC(NCCNCC3CCN(c4cccc5c4oc(=O)n5C4CCC(=O)NC4=O)CC3)CC2)c(CC)cc1Nc1ncc(Br)c(Nc2ccc3c(=O)n(CC)ncc3c2P(C)(C)=O)n1. The number of aromatic nitrogens is 5. The van der Waals surface area contributed by atoms with Gasteiger partial charge in [-0.05, 0) is 130 Å². The summed E-state index contributed by atoms with van der Waals surface area (Å²) in [5.74, 6) is 0.660. The van der Waals surface area contributed by atoms with E-state index in [9.17, 15) is 23.7 Å². The lowest BCUT2D eigenvalue weighted by Crippen LogP contribution is -2.45. The van der Waals surface area contributed by atoms with Crippen molar-refractivity contribution in [2.24, 2.45) is 5.92 Å². The van der Waals surface area contributed by atoms with E-state index < -0.39 is 24.8 Å². The Morgan fingerprint density at radius 3 is 2.36 bits per heavy atom. The van der Waals surface area contributed by atoms with Crippen LogP contribution in [0.2, 0.25) is 0 Å². The van der Waals surface area contributed by atoms with Crippen LogP contribution in [0.15, 0.2) is 73.3 Å². The molecule has 19 nitrogen and oxygen atoms in total. The summed E-state index contributed by atoms with van der Waals surface area (Å²) in [6.07, 6.45) is 8.61. The van der Waals surface area contributed by atoms with Crippen LogP contribution in [0.25, 0.3) is 21.9 Å². The van der Waals surface area contributed by atoms with Crippen molar-refractivity contribution in [2.45, 2.75) is 84.3 Å². The molecule has 3 aromatic carbocycles. The molecule has 72 heavy (non-hydrogen) atoms. The number of piperidine rings is 3. The van der Waals surface area contributed by atoms with E-state index in [1.54, 1.807) is 43.9 Å². The standard InChI is InChI=1S/C51H64BrN12O7P/c1-6-32-26-38(58-50-55-30-36(52)47(60-50)57-37-13-12-34-35(46(37)72(4,5)69)29-56-63(7-2)49(34)67)43(70-8-3)27-42(32)62-24-18-33(19-25-62)54-21-20-53-28-31-16-22-61(23-17-31)39-10-9-11-40-45(39)71-51(68)64(40)41-14-15-44(65)59-48(41)66/h9-13,26-27,29-31,33,41,53-54H,6-8,14-25,28H2,1-5H3,(H,59,65,66)(H2,55,57,58,60). The van der Waals surface area contributed by atoms with Gasteiger partial charge in [-0.2, -0.15) is 10.1 Å². The monoisotopic (exact) mass is 1070 g/mol. The summed E-state index contributed by atoms with van der Waals surface area (Å²) in [5.41, 5.74) is 5.35. The molecule has 6 aromatic rings. The minimum Gasteiger partial charge on any atom is -0.492 e. The van der Waals surface area contributed by atoms with Crippen LogP contribution in [0.1, 0.15) is 70.9 Å². The fourth-order valence-corrected chi connectivity index (χ4v) is 12.1. The molecule has 5 N–H and O–H groups in total. The quantitative estimate of drug-likeness (QED) is 0.0347. The first-order valence-corrected chi connectivity index (χ1v) is 28.5. The van der Waals surface area contributed by atoms with Gasteiger partial charge >= 0.3 is 5.76 Å². The van der Waals surface area contributed by atoms with Crippen LogP contribution in [0.3, 0.4) is 0 Å². The number of carbonyl (C=O) groups excluding carboxylic acids is 2. The second kappa shape index (κ2) is 22.0. The first kappa shape index (κ1) is 50.8. The van der Waals surface area contributed by atoms with E-state index in [-0.39, 0.29) is 24.3 Å². The number of hydrogen-bond acceptors (Lipinski definition) is 16. The minimum absolute atomic E-state index is 0.182. The molecule has 3 aliphatic heterocycles. The molecule has 21 heteroatoms. The highest BCUT2D eigenvalue weighted by atomic mass is 79.9. The lowest BCUT2D eigenvalue weighted by atomic mass is 9.96. The van der Waals surface area contributed by atoms with Crippen molar-refractivity contribution in [2.75, 3.05) is 86.2 Å². The maximum Gasteiger partial charge on any atom is 0.420 e. The van der Waals surface area contributed by atoms with Crippen LogP contribution >= 0.6 is 23.1 Å². The third kappa shape index (κ3) is 10.8. The molecule has 3 aliphatic rings. The molecule has 0 radical (unpaired) electrons. The van der Waals surface area contributed by atoms with Crippen LogP contribution < -0.4 is 57.7 Å². The van der Waals surface area contributed by atoms with E-state index in [1.165, 1.54) is 14.8 Å². The Hall–Kier alpha value is -6.08. The number of halogens is 1. The van der Waals surface area contributed by atoms with Gasteiger partial charge in [-0.25, -0.2) is 14.5 Å². The topological polar surface area (TPSA) is 223 Å². The van der Waals surface area contributed by atoms with Gasteiger partial charge < -0.3 is 44.8 Å². The maximum atomic E-state index is 13.8. The van der Waals surface area contributed by atoms with Crippen molar-refractivity contribution in [1.29, 1.82) is 0 Å². The van der Waals surface area contributed by atoms with Crippen LogP contribution in [0.4, 0.5) is 34.5 Å². The van der Waals surface area contributed by atoms with Crippen molar-refractivity contribution in [3.63, 3.8) is 0 Å². The Kier molecular flexibility index (Phi) is 15.5. The van der Waals surface area contributed by atoms with Crippen molar-refractivity contribution in [1.82, 2.24) is 40.3 Å². The van der Waals surface area contributed by atoms with Gasteiger partial charge in [-0.15, -0.1) is 0 Å². The highest BCUT2D eigenvalue weighted by molar-refractivity contribution is 9.10. The van der Waals surface area contributed by atoms with E-state index in [0.29, 0.717) is 80.0 Å². The highest BCUT2D eigenvalue weighted by Gasteiger charge is 2.33. The molecule has 382 valence electrons. The van der Waals surface area contributed by atoms with Crippen molar-refractivity contribution < 1.29 is 23.3 Å². The lowest BCUT2D eigenvalue weighted by molar-refractivity contribution is -0.135. The summed E-state index contributed by atoms with van der Waals surface area (Å²) in [4.78, 5) is 64.6. The molecule has 3 saturated heterocycles. The van der Waals surface area contributed by atoms with Crippen LogP contribution in [-0.2, 0) is 27.1 Å². The molecule has 9 rings (SSSR count). The Morgan fingerprint density at radius 2 is 1.64 bits per heavy atom. The predicted molar refractivity (Wildman–Crippen MR) is 287 cm³/mol. The molecule has 1 atom stereocenters. The first-order chi connectivity index (χ1) is 34.7. The number of para-hydroxylation sites is 1. The van der Waals surface area contributed by atoms with E-state index in [1.807, 2.05) is 26.0 Å². The van der Waals surface area contributed by atoms with Gasteiger partial charge in [0.1, 0.15) is 24.8 Å². The van der Waals surface area contributed by atoms with Crippen molar-refractivity contribution in [3.05, 3.63) is 85.8 Å². The molecule has 0 saturated carbocycles. The number of rotatable bonds is 18. The minimum atomic E-state index is -2.91. The molecular formula is C51H64BrN12O7P. The Balaban J connectivity index is 0.766. The smallest absolute Gasteiger partial charge is 0.420 e. The summed E-state index contributed by atoms with van der Waals surface area (Å²) < 4.78 is 29.1. The number of amides is 2. The fraction of sp³-hybridized carbons (Fsp3) is 0.471. The molecule has 3 fully saturated rings. The molecule has 6 heterocycles. The number of anilines is 6. The van der Waals surface area contributed by atoms with E-state index in [0.717, 1.165) is 95.0 Å². The Labute approximate surface area is 426 Å². The molecule has 0 spiro atoms. The third-order valence-corrected chi connectivity index (χ3v) is 16.2. The van der Waals surface area contributed by atoms with Crippen LogP contribution in [-0.4, -0.2) is 108 Å². The molecule has 1 unspecified atom stereocenters. The number of benzene rings is 3. The van der Waals surface area contributed by atoms with E-state index in [2.05, 4.69) is 81.5 Å². The molecule has 3 aromatic heterocycles. The number of nitrogens with one attached hydrogen (secondary N) is 5. The zero-order valence-corrected chi connectivity index (χ0v) is 44.0. The fourth-order valence-electron chi connectivity index (χ4n) is 10.4.